The van der Waals surface area contributed by atoms with Crippen LogP contribution in [0.15, 0.2) is 0 Å². The smallest absolute Gasteiger partial charge is 0.222 e. The first kappa shape index (κ1) is 10.0. The lowest BCUT2D eigenvalue weighted by molar-refractivity contribution is -0.138. The third-order valence-electron chi connectivity index (χ3n) is 2.38. The Hall–Kier alpha value is -1.06. The monoisotopic (exact) mass is 184 g/mol. The highest BCUT2D eigenvalue weighted by Crippen LogP contribution is 2.03. The van der Waals surface area contributed by atoms with Crippen molar-refractivity contribution in [1.82, 2.24) is 9.80 Å². The maximum atomic E-state index is 11.3. The van der Waals surface area contributed by atoms with E-state index in [2.05, 4.69) is 0 Å². The average molecular weight is 184 g/mol. The van der Waals surface area contributed by atoms with Gasteiger partial charge in [-0.05, 0) is 0 Å². The molecule has 0 unspecified atom stereocenters. The lowest BCUT2D eigenvalue weighted by atomic mass is 10.3. The third kappa shape index (κ3) is 2.44. The van der Waals surface area contributed by atoms with E-state index < -0.39 is 0 Å². The van der Waals surface area contributed by atoms with Gasteiger partial charge in [-0.2, -0.15) is 0 Å². The van der Waals surface area contributed by atoms with Crippen molar-refractivity contribution in [2.75, 3.05) is 26.2 Å². The van der Waals surface area contributed by atoms with Crippen LogP contribution in [0.3, 0.4) is 0 Å². The molecular formula is C9H16N2O2. The molecule has 0 spiro atoms. The molecule has 0 aromatic carbocycles. The Kier molecular flexibility index (Phi) is 3.28. The molecule has 0 aromatic heterocycles. The number of hydrogen-bond donors (Lipinski definition) is 0. The van der Waals surface area contributed by atoms with Crippen LogP contribution in [0, 0.1) is 0 Å². The van der Waals surface area contributed by atoms with Gasteiger partial charge >= 0.3 is 0 Å². The van der Waals surface area contributed by atoms with E-state index in [1.165, 1.54) is 0 Å². The normalized spacial score (nSPS) is 17.4. The molecule has 0 bridgehead atoms. The Bertz CT molecular complexity index is 208. The van der Waals surface area contributed by atoms with Crippen LogP contribution in [0.4, 0.5) is 0 Å². The summed E-state index contributed by atoms with van der Waals surface area (Å²) in [6, 6.07) is 0. The molecule has 1 rings (SSSR count). The van der Waals surface area contributed by atoms with Crippen molar-refractivity contribution in [1.29, 1.82) is 0 Å². The summed E-state index contributed by atoms with van der Waals surface area (Å²) in [5.41, 5.74) is 0. The second kappa shape index (κ2) is 4.25. The summed E-state index contributed by atoms with van der Waals surface area (Å²) in [6.45, 7) is 6.16. The van der Waals surface area contributed by atoms with Gasteiger partial charge in [0, 0.05) is 39.5 Å². The molecule has 0 saturated carbocycles. The minimum Gasteiger partial charge on any atom is -0.339 e. The molecule has 4 nitrogen and oxygen atoms in total. The molecule has 2 amide bonds. The van der Waals surface area contributed by atoms with Crippen LogP contribution in [0.1, 0.15) is 20.3 Å². The highest BCUT2D eigenvalue weighted by atomic mass is 16.2. The number of carbonyl (C=O) groups excluding carboxylic acids is 2. The van der Waals surface area contributed by atoms with Crippen molar-refractivity contribution in [2.24, 2.45) is 0 Å². The van der Waals surface area contributed by atoms with E-state index in [0.29, 0.717) is 32.6 Å². The van der Waals surface area contributed by atoms with Crippen LogP contribution < -0.4 is 0 Å². The summed E-state index contributed by atoms with van der Waals surface area (Å²) >= 11 is 0. The highest BCUT2D eigenvalue weighted by Gasteiger charge is 2.20. The number of carbonyl (C=O) groups is 2. The third-order valence-corrected chi connectivity index (χ3v) is 2.38. The van der Waals surface area contributed by atoms with Gasteiger partial charge in [0.2, 0.25) is 11.8 Å². The van der Waals surface area contributed by atoms with Gasteiger partial charge in [-0.3, -0.25) is 9.59 Å². The molecule has 0 radical (unpaired) electrons. The van der Waals surface area contributed by atoms with E-state index >= 15 is 0 Å². The second-order valence-electron chi connectivity index (χ2n) is 3.24. The van der Waals surface area contributed by atoms with Gasteiger partial charge < -0.3 is 9.80 Å². The second-order valence-corrected chi connectivity index (χ2v) is 3.24. The topological polar surface area (TPSA) is 40.6 Å². The molecule has 13 heavy (non-hydrogen) atoms. The summed E-state index contributed by atoms with van der Waals surface area (Å²) in [4.78, 5) is 25.8. The van der Waals surface area contributed by atoms with Crippen molar-refractivity contribution >= 4 is 11.8 Å². The zero-order valence-corrected chi connectivity index (χ0v) is 8.25. The van der Waals surface area contributed by atoms with E-state index in [1.54, 1.807) is 11.8 Å². The SMILES string of the molecule is CCC(=O)N1CCN(C(C)=O)CC1. The van der Waals surface area contributed by atoms with E-state index in [9.17, 15) is 9.59 Å². The Balaban J connectivity index is 2.39. The number of rotatable bonds is 1. The molecule has 0 aromatic rings. The lowest BCUT2D eigenvalue weighted by Crippen LogP contribution is -2.49. The van der Waals surface area contributed by atoms with E-state index in [4.69, 9.17) is 0 Å². The van der Waals surface area contributed by atoms with Gasteiger partial charge in [0.1, 0.15) is 0 Å². The van der Waals surface area contributed by atoms with Crippen molar-refractivity contribution in [3.63, 3.8) is 0 Å². The Labute approximate surface area is 78.5 Å². The molecule has 4 heteroatoms. The number of nitrogens with zero attached hydrogens (tertiary/aromatic N) is 2. The van der Waals surface area contributed by atoms with Crippen molar-refractivity contribution in [3.05, 3.63) is 0 Å². The first-order chi connectivity index (χ1) is 6.15. The lowest BCUT2D eigenvalue weighted by Gasteiger charge is -2.34. The van der Waals surface area contributed by atoms with Crippen LogP contribution in [-0.4, -0.2) is 47.8 Å². The van der Waals surface area contributed by atoms with Crippen LogP contribution in [0.2, 0.25) is 0 Å². The summed E-state index contributed by atoms with van der Waals surface area (Å²) in [7, 11) is 0. The number of hydrogen-bond acceptors (Lipinski definition) is 2. The van der Waals surface area contributed by atoms with Crippen molar-refractivity contribution in [3.8, 4) is 0 Å². The van der Waals surface area contributed by atoms with Gasteiger partial charge in [0.25, 0.3) is 0 Å². The fourth-order valence-corrected chi connectivity index (χ4v) is 1.49. The van der Waals surface area contributed by atoms with E-state index in [1.807, 2.05) is 11.8 Å². The minimum atomic E-state index is 0.101. The Morgan fingerprint density at radius 2 is 1.54 bits per heavy atom. The van der Waals surface area contributed by atoms with E-state index in [-0.39, 0.29) is 11.8 Å². The maximum Gasteiger partial charge on any atom is 0.222 e. The predicted octanol–water partition coefficient (Wildman–Crippen LogP) is 0.0871. The van der Waals surface area contributed by atoms with E-state index in [0.717, 1.165) is 0 Å². The van der Waals surface area contributed by atoms with Gasteiger partial charge in [0.05, 0.1) is 0 Å². The first-order valence-electron chi connectivity index (χ1n) is 4.68. The largest absolute Gasteiger partial charge is 0.339 e. The number of piperazine rings is 1. The van der Waals surface area contributed by atoms with Crippen molar-refractivity contribution < 1.29 is 9.59 Å². The van der Waals surface area contributed by atoms with Gasteiger partial charge in [-0.25, -0.2) is 0 Å². The summed E-state index contributed by atoms with van der Waals surface area (Å²) in [5.74, 6) is 0.284. The fourth-order valence-electron chi connectivity index (χ4n) is 1.49. The molecule has 1 aliphatic heterocycles. The summed E-state index contributed by atoms with van der Waals surface area (Å²) in [6.07, 6.45) is 0.556. The molecule has 0 atom stereocenters. The van der Waals surface area contributed by atoms with Crippen molar-refractivity contribution in [2.45, 2.75) is 20.3 Å². The molecule has 1 fully saturated rings. The number of amides is 2. The summed E-state index contributed by atoms with van der Waals surface area (Å²) in [5, 5.41) is 0. The van der Waals surface area contributed by atoms with Crippen LogP contribution in [0.5, 0.6) is 0 Å². The molecule has 74 valence electrons. The zero-order chi connectivity index (χ0) is 9.84. The van der Waals surface area contributed by atoms with Crippen LogP contribution >= 0.6 is 0 Å². The minimum absolute atomic E-state index is 0.101. The van der Waals surface area contributed by atoms with Gasteiger partial charge in [-0.15, -0.1) is 0 Å². The molecule has 0 N–H and O–H groups in total. The average Bonchev–Trinajstić information content (AvgIpc) is 2.17. The predicted molar refractivity (Wildman–Crippen MR) is 49.1 cm³/mol. The first-order valence-corrected chi connectivity index (χ1v) is 4.68. The molecule has 1 heterocycles. The van der Waals surface area contributed by atoms with Crippen LogP contribution in [0.25, 0.3) is 0 Å². The van der Waals surface area contributed by atoms with Gasteiger partial charge in [-0.1, -0.05) is 6.92 Å². The molecule has 0 aliphatic carbocycles. The zero-order valence-electron chi connectivity index (χ0n) is 8.25. The molecule has 1 saturated heterocycles. The van der Waals surface area contributed by atoms with Gasteiger partial charge in [0.15, 0.2) is 0 Å². The Morgan fingerprint density at radius 1 is 1.08 bits per heavy atom. The molecular weight excluding hydrogens is 168 g/mol. The van der Waals surface area contributed by atoms with Crippen LogP contribution in [-0.2, 0) is 9.59 Å². The highest BCUT2D eigenvalue weighted by molar-refractivity contribution is 5.77. The maximum absolute atomic E-state index is 11.3. The molecule has 1 aliphatic rings. The quantitative estimate of drug-likeness (QED) is 0.579. The summed E-state index contributed by atoms with van der Waals surface area (Å²) < 4.78 is 0. The fraction of sp³-hybridized carbons (Fsp3) is 0.778. The standard InChI is InChI=1S/C9H16N2O2/c1-3-9(13)11-6-4-10(5-7-11)8(2)12/h3-7H2,1-2H3. The Morgan fingerprint density at radius 3 is 1.92 bits per heavy atom.